The minimum atomic E-state index is -1.02. The molecule has 0 unspecified atom stereocenters. The summed E-state index contributed by atoms with van der Waals surface area (Å²) in [5.41, 5.74) is 6.10. The van der Waals surface area contributed by atoms with Crippen molar-refractivity contribution >= 4 is 11.7 Å². The van der Waals surface area contributed by atoms with Crippen molar-refractivity contribution in [1.82, 2.24) is 9.88 Å². The van der Waals surface area contributed by atoms with Gasteiger partial charge in [0.1, 0.15) is 23.1 Å². The summed E-state index contributed by atoms with van der Waals surface area (Å²) in [6.07, 6.45) is 0. The Morgan fingerprint density at radius 2 is 1.62 bits per heavy atom. The molecule has 1 aromatic heterocycles. The van der Waals surface area contributed by atoms with Gasteiger partial charge in [0.25, 0.3) is 17.7 Å². The van der Waals surface area contributed by atoms with Gasteiger partial charge in [0.05, 0.1) is 12.7 Å². The Bertz CT molecular complexity index is 1280. The number of nitrogens with one attached hydrogen (secondary N) is 1. The van der Waals surface area contributed by atoms with E-state index in [9.17, 15) is 13.6 Å². The zero-order valence-electron chi connectivity index (χ0n) is 19.3. The summed E-state index contributed by atoms with van der Waals surface area (Å²) in [6, 6.07) is 9.11. The molecule has 3 aromatic rings. The molecule has 0 aliphatic carbocycles. The van der Waals surface area contributed by atoms with Crippen LogP contribution in [0, 0.1) is 30.9 Å². The third-order valence-electron chi connectivity index (χ3n) is 5.02. The molecule has 0 saturated carbocycles. The monoisotopic (exact) mass is 470 g/mol. The quantitative estimate of drug-likeness (QED) is 0.387. The van der Waals surface area contributed by atoms with Crippen LogP contribution < -0.4 is 19.9 Å². The van der Waals surface area contributed by atoms with E-state index in [4.69, 9.17) is 25.4 Å². The first-order valence-corrected chi connectivity index (χ1v) is 10.1. The summed E-state index contributed by atoms with van der Waals surface area (Å²) < 4.78 is 46.1. The molecule has 34 heavy (non-hydrogen) atoms. The number of amidine groups is 1. The number of ether oxygens (including phenoxy) is 3. The number of rotatable bonds is 7. The minimum Gasteiger partial charge on any atom is -0.496 e. The van der Waals surface area contributed by atoms with Gasteiger partial charge >= 0.3 is 0 Å². The van der Waals surface area contributed by atoms with Gasteiger partial charge in [-0.25, -0.2) is 8.78 Å². The number of benzene rings is 2. The lowest BCUT2D eigenvalue weighted by Crippen LogP contribution is -2.23. The van der Waals surface area contributed by atoms with Crippen LogP contribution in [0.2, 0.25) is 0 Å². The number of nitrogens with zero attached hydrogens (tertiary/aromatic N) is 2. The Morgan fingerprint density at radius 1 is 1.00 bits per heavy atom. The molecule has 0 spiro atoms. The van der Waals surface area contributed by atoms with Gasteiger partial charge in [0, 0.05) is 30.8 Å². The highest BCUT2D eigenvalue weighted by Crippen LogP contribution is 2.36. The summed E-state index contributed by atoms with van der Waals surface area (Å²) in [5.74, 6) is -3.01. The van der Waals surface area contributed by atoms with Gasteiger partial charge < -0.3 is 24.8 Å². The normalized spacial score (nSPS) is 10.6. The molecule has 1 heterocycles. The molecule has 178 valence electrons. The second-order valence-corrected chi connectivity index (χ2v) is 7.59. The number of nitrogens with two attached hydrogens (primary N) is 1. The molecule has 0 fully saturated rings. The van der Waals surface area contributed by atoms with Crippen molar-refractivity contribution < 1.29 is 27.8 Å². The number of hydrogen-bond acceptors (Lipinski definition) is 6. The van der Waals surface area contributed by atoms with E-state index < -0.39 is 23.4 Å². The molecule has 0 bridgehead atoms. The Labute approximate surface area is 195 Å². The number of carbonyl (C=O) groups is 1. The zero-order chi connectivity index (χ0) is 25.2. The van der Waals surface area contributed by atoms with Crippen LogP contribution >= 0.6 is 0 Å². The van der Waals surface area contributed by atoms with Crippen LogP contribution in [0.1, 0.15) is 27.0 Å². The van der Waals surface area contributed by atoms with E-state index >= 15 is 0 Å². The number of methoxy groups -OCH3 is 1. The number of carbonyl (C=O) groups excluding carboxylic acids is 1. The van der Waals surface area contributed by atoms with Crippen LogP contribution in [0.15, 0.2) is 36.4 Å². The summed E-state index contributed by atoms with van der Waals surface area (Å²) in [4.78, 5) is 17.9. The van der Waals surface area contributed by atoms with E-state index in [2.05, 4.69) is 4.98 Å². The van der Waals surface area contributed by atoms with Gasteiger partial charge in [-0.15, -0.1) is 0 Å². The first-order valence-electron chi connectivity index (χ1n) is 10.1. The topological polar surface area (TPSA) is 111 Å². The molecular formula is C24H24F2N4O4. The standard InChI is InChI=1S/C24H24F2N4O4/c1-12-16(9-10-17(32-5)18(12)24(31)30(3)4)34-23-20(26)13(2)19(25)22(29-23)33-15-8-6-7-14(11-15)21(27)28/h6-11H,1-5H3,(H3,27,28). The van der Waals surface area contributed by atoms with E-state index in [1.165, 1.54) is 43.2 Å². The highest BCUT2D eigenvalue weighted by atomic mass is 19.1. The molecule has 0 saturated heterocycles. The molecule has 1 amide bonds. The number of amides is 1. The third kappa shape index (κ3) is 4.75. The molecule has 3 N–H and O–H groups in total. The molecule has 8 nitrogen and oxygen atoms in total. The number of halogens is 2. The maximum atomic E-state index is 14.9. The van der Waals surface area contributed by atoms with Gasteiger partial charge in [0.2, 0.25) is 0 Å². The van der Waals surface area contributed by atoms with Gasteiger partial charge in [-0.05, 0) is 38.1 Å². The first-order chi connectivity index (χ1) is 16.0. The van der Waals surface area contributed by atoms with Crippen molar-refractivity contribution in [3.63, 3.8) is 0 Å². The van der Waals surface area contributed by atoms with Crippen molar-refractivity contribution in [2.45, 2.75) is 13.8 Å². The maximum absolute atomic E-state index is 14.9. The highest BCUT2D eigenvalue weighted by Gasteiger charge is 2.24. The summed E-state index contributed by atoms with van der Waals surface area (Å²) >= 11 is 0. The Morgan fingerprint density at radius 3 is 2.21 bits per heavy atom. The zero-order valence-corrected chi connectivity index (χ0v) is 19.3. The van der Waals surface area contributed by atoms with Crippen molar-refractivity contribution in [1.29, 1.82) is 5.41 Å². The van der Waals surface area contributed by atoms with E-state index in [0.717, 1.165) is 0 Å². The average molecular weight is 470 g/mol. The largest absolute Gasteiger partial charge is 0.496 e. The highest BCUT2D eigenvalue weighted by molar-refractivity contribution is 5.98. The summed E-state index contributed by atoms with van der Waals surface area (Å²) in [6.45, 7) is 2.84. The third-order valence-corrected chi connectivity index (χ3v) is 5.02. The van der Waals surface area contributed by atoms with E-state index in [1.807, 2.05) is 0 Å². The van der Waals surface area contributed by atoms with Gasteiger partial charge in [-0.1, -0.05) is 12.1 Å². The van der Waals surface area contributed by atoms with Crippen LogP contribution in [0.5, 0.6) is 29.0 Å². The fourth-order valence-electron chi connectivity index (χ4n) is 3.12. The molecule has 2 aromatic carbocycles. The number of hydrogen-bond donors (Lipinski definition) is 2. The lowest BCUT2D eigenvalue weighted by Gasteiger charge is -2.18. The predicted molar refractivity (Wildman–Crippen MR) is 122 cm³/mol. The fourth-order valence-corrected chi connectivity index (χ4v) is 3.12. The molecule has 0 aliphatic rings. The van der Waals surface area contributed by atoms with Gasteiger partial charge in [-0.3, -0.25) is 10.2 Å². The van der Waals surface area contributed by atoms with Crippen LogP contribution in [-0.4, -0.2) is 42.8 Å². The predicted octanol–water partition coefficient (Wildman–Crippen LogP) is 4.56. The van der Waals surface area contributed by atoms with Crippen LogP contribution in [0.4, 0.5) is 8.78 Å². The second-order valence-electron chi connectivity index (χ2n) is 7.59. The number of nitrogen functional groups attached to an aromatic ring is 1. The number of aromatic nitrogens is 1. The van der Waals surface area contributed by atoms with Crippen molar-refractivity contribution in [2.24, 2.45) is 5.73 Å². The molecular weight excluding hydrogens is 446 g/mol. The van der Waals surface area contributed by atoms with Crippen LogP contribution in [0.3, 0.4) is 0 Å². The Hall–Kier alpha value is -4.21. The maximum Gasteiger partial charge on any atom is 0.259 e. The summed E-state index contributed by atoms with van der Waals surface area (Å²) in [7, 11) is 4.60. The molecule has 10 heteroatoms. The van der Waals surface area contributed by atoms with Crippen molar-refractivity contribution in [3.05, 3.63) is 70.3 Å². The SMILES string of the molecule is COc1ccc(Oc2nc(Oc3cccc(C(=N)N)c3)c(F)c(C)c2F)c(C)c1C(=O)N(C)C. The Balaban J connectivity index is 2.04. The van der Waals surface area contributed by atoms with E-state index in [0.29, 0.717) is 16.9 Å². The van der Waals surface area contributed by atoms with E-state index in [-0.39, 0.29) is 34.4 Å². The smallest absolute Gasteiger partial charge is 0.259 e. The summed E-state index contributed by atoms with van der Waals surface area (Å²) in [5, 5.41) is 7.53. The average Bonchev–Trinajstić information content (AvgIpc) is 2.81. The first kappa shape index (κ1) is 24.4. The molecule has 0 aliphatic heterocycles. The van der Waals surface area contributed by atoms with Gasteiger partial charge in [0.15, 0.2) is 11.6 Å². The lowest BCUT2D eigenvalue weighted by atomic mass is 10.1. The molecule has 0 radical (unpaired) electrons. The Kier molecular flexibility index (Phi) is 7.00. The van der Waals surface area contributed by atoms with Crippen LogP contribution in [-0.2, 0) is 0 Å². The lowest BCUT2D eigenvalue weighted by molar-refractivity contribution is 0.0823. The van der Waals surface area contributed by atoms with Crippen molar-refractivity contribution in [3.8, 4) is 29.0 Å². The molecule has 3 rings (SSSR count). The minimum absolute atomic E-state index is 0.132. The fraction of sp³-hybridized carbons (Fsp3) is 0.208. The second kappa shape index (κ2) is 9.74. The van der Waals surface area contributed by atoms with Crippen LogP contribution in [0.25, 0.3) is 0 Å². The van der Waals surface area contributed by atoms with Crippen molar-refractivity contribution in [2.75, 3.05) is 21.2 Å². The number of pyridine rings is 1. The van der Waals surface area contributed by atoms with Gasteiger partial charge in [-0.2, -0.15) is 4.98 Å². The molecule has 0 atom stereocenters. The van der Waals surface area contributed by atoms with E-state index in [1.54, 1.807) is 33.2 Å².